The van der Waals surface area contributed by atoms with E-state index in [1.54, 1.807) is 9.58 Å². The molecule has 2 aromatic rings. The lowest BCUT2D eigenvalue weighted by atomic mass is 10.1. The molecular weight excluding hydrogens is 280 g/mol. The normalized spacial score (nSPS) is 15.0. The van der Waals surface area contributed by atoms with Gasteiger partial charge in [0, 0.05) is 13.1 Å². The molecule has 1 saturated heterocycles. The maximum absolute atomic E-state index is 12.7. The van der Waals surface area contributed by atoms with E-state index in [2.05, 4.69) is 17.2 Å². The Morgan fingerprint density at radius 3 is 2.64 bits per heavy atom. The van der Waals surface area contributed by atoms with E-state index in [-0.39, 0.29) is 5.91 Å². The van der Waals surface area contributed by atoms with Crippen LogP contribution in [0.3, 0.4) is 0 Å². The molecule has 1 fully saturated rings. The van der Waals surface area contributed by atoms with Crippen LogP contribution in [0.5, 0.6) is 0 Å². The molecule has 0 unspecified atom stereocenters. The highest BCUT2D eigenvalue weighted by molar-refractivity contribution is 5.93. The standard InChI is InChI=1S/C16H20N4O2/c1-2-6-14-15(16(21)19-9-11-22-12-10-19)17-18-20(14)13-7-4-3-5-8-13/h3-5,7-8H,2,6,9-12H2,1H3. The molecule has 0 radical (unpaired) electrons. The maximum Gasteiger partial charge on any atom is 0.276 e. The number of amides is 1. The minimum atomic E-state index is -0.0473. The topological polar surface area (TPSA) is 60.3 Å². The molecule has 0 atom stereocenters. The van der Waals surface area contributed by atoms with Gasteiger partial charge in [0.05, 0.1) is 24.6 Å². The summed E-state index contributed by atoms with van der Waals surface area (Å²) in [5.74, 6) is -0.0473. The number of aromatic nitrogens is 3. The summed E-state index contributed by atoms with van der Waals surface area (Å²) in [6.07, 6.45) is 1.71. The number of ether oxygens (including phenoxy) is 1. The van der Waals surface area contributed by atoms with Gasteiger partial charge < -0.3 is 9.64 Å². The predicted octanol–water partition coefficient (Wildman–Crippen LogP) is 1.69. The lowest BCUT2D eigenvalue weighted by Gasteiger charge is -2.26. The van der Waals surface area contributed by atoms with Gasteiger partial charge in [-0.25, -0.2) is 4.68 Å². The Bertz CT molecular complexity index is 633. The lowest BCUT2D eigenvalue weighted by molar-refractivity contribution is 0.0298. The molecule has 1 aromatic heterocycles. The van der Waals surface area contributed by atoms with Crippen LogP contribution in [0.15, 0.2) is 30.3 Å². The van der Waals surface area contributed by atoms with Crippen molar-refractivity contribution in [1.82, 2.24) is 19.9 Å². The number of hydrogen-bond acceptors (Lipinski definition) is 4. The van der Waals surface area contributed by atoms with Crippen molar-refractivity contribution in [2.24, 2.45) is 0 Å². The Morgan fingerprint density at radius 2 is 1.95 bits per heavy atom. The summed E-state index contributed by atoms with van der Waals surface area (Å²) in [6, 6.07) is 9.81. The highest BCUT2D eigenvalue weighted by Crippen LogP contribution is 2.17. The third kappa shape index (κ3) is 2.87. The van der Waals surface area contributed by atoms with Gasteiger partial charge in [-0.1, -0.05) is 36.8 Å². The van der Waals surface area contributed by atoms with Gasteiger partial charge in [-0.15, -0.1) is 5.10 Å². The molecular formula is C16H20N4O2. The van der Waals surface area contributed by atoms with E-state index >= 15 is 0 Å². The Hall–Kier alpha value is -2.21. The summed E-state index contributed by atoms with van der Waals surface area (Å²) < 4.78 is 7.08. The van der Waals surface area contributed by atoms with E-state index in [1.165, 1.54) is 0 Å². The van der Waals surface area contributed by atoms with Gasteiger partial charge in [-0.3, -0.25) is 4.79 Å². The summed E-state index contributed by atoms with van der Waals surface area (Å²) >= 11 is 0. The Balaban J connectivity index is 1.94. The SMILES string of the molecule is CCCc1c(C(=O)N2CCOCC2)nnn1-c1ccccc1. The highest BCUT2D eigenvalue weighted by Gasteiger charge is 2.25. The average Bonchev–Trinajstić information content (AvgIpc) is 3.00. The van der Waals surface area contributed by atoms with E-state index in [4.69, 9.17) is 4.74 Å². The predicted molar refractivity (Wildman–Crippen MR) is 82.1 cm³/mol. The molecule has 0 N–H and O–H groups in total. The number of benzene rings is 1. The summed E-state index contributed by atoms with van der Waals surface area (Å²) in [5, 5.41) is 8.38. The molecule has 1 aliphatic rings. The van der Waals surface area contributed by atoms with E-state index in [9.17, 15) is 4.79 Å². The molecule has 3 rings (SSSR count). The van der Waals surface area contributed by atoms with Crippen LogP contribution in [-0.2, 0) is 11.2 Å². The van der Waals surface area contributed by atoms with E-state index in [0.717, 1.165) is 24.2 Å². The number of para-hydroxylation sites is 1. The first-order chi connectivity index (χ1) is 10.8. The molecule has 0 bridgehead atoms. The second-order valence-corrected chi connectivity index (χ2v) is 5.29. The molecule has 22 heavy (non-hydrogen) atoms. The van der Waals surface area contributed by atoms with Gasteiger partial charge in [-0.2, -0.15) is 0 Å². The largest absolute Gasteiger partial charge is 0.378 e. The van der Waals surface area contributed by atoms with Crippen LogP contribution in [0.2, 0.25) is 0 Å². The summed E-state index contributed by atoms with van der Waals surface area (Å²) in [7, 11) is 0. The highest BCUT2D eigenvalue weighted by atomic mass is 16.5. The summed E-state index contributed by atoms with van der Waals surface area (Å²) in [6.45, 7) is 4.49. The molecule has 0 spiro atoms. The minimum Gasteiger partial charge on any atom is -0.378 e. The molecule has 1 amide bonds. The smallest absolute Gasteiger partial charge is 0.276 e. The van der Waals surface area contributed by atoms with Gasteiger partial charge >= 0.3 is 0 Å². The van der Waals surface area contributed by atoms with Gasteiger partial charge in [0.25, 0.3) is 5.91 Å². The monoisotopic (exact) mass is 300 g/mol. The van der Waals surface area contributed by atoms with Crippen LogP contribution in [0, 0.1) is 0 Å². The number of carbonyl (C=O) groups is 1. The molecule has 0 aliphatic carbocycles. The minimum absolute atomic E-state index is 0.0473. The zero-order chi connectivity index (χ0) is 15.4. The van der Waals surface area contributed by atoms with Crippen LogP contribution in [0.4, 0.5) is 0 Å². The molecule has 6 heteroatoms. The summed E-state index contributed by atoms with van der Waals surface area (Å²) in [5.41, 5.74) is 2.28. The van der Waals surface area contributed by atoms with Gasteiger partial charge in [-0.05, 0) is 18.6 Å². The number of nitrogens with zero attached hydrogens (tertiary/aromatic N) is 4. The van der Waals surface area contributed by atoms with Crippen molar-refractivity contribution in [2.75, 3.05) is 26.3 Å². The number of hydrogen-bond donors (Lipinski definition) is 0. The summed E-state index contributed by atoms with van der Waals surface area (Å²) in [4.78, 5) is 14.5. The van der Waals surface area contributed by atoms with Crippen LogP contribution in [0.25, 0.3) is 5.69 Å². The number of carbonyl (C=O) groups excluding carboxylic acids is 1. The third-order valence-corrected chi connectivity index (χ3v) is 3.75. The van der Waals surface area contributed by atoms with Crippen molar-refractivity contribution in [3.8, 4) is 5.69 Å². The Morgan fingerprint density at radius 1 is 1.23 bits per heavy atom. The fraction of sp³-hybridized carbons (Fsp3) is 0.438. The van der Waals surface area contributed by atoms with Gasteiger partial charge in [0.2, 0.25) is 0 Å². The zero-order valence-electron chi connectivity index (χ0n) is 12.7. The quantitative estimate of drug-likeness (QED) is 0.862. The Labute approximate surface area is 129 Å². The van der Waals surface area contributed by atoms with Crippen molar-refractivity contribution in [2.45, 2.75) is 19.8 Å². The maximum atomic E-state index is 12.7. The second-order valence-electron chi connectivity index (χ2n) is 5.29. The van der Waals surface area contributed by atoms with Crippen molar-refractivity contribution < 1.29 is 9.53 Å². The molecule has 0 saturated carbocycles. The molecule has 1 aliphatic heterocycles. The van der Waals surface area contributed by atoms with Crippen molar-refractivity contribution in [3.05, 3.63) is 41.7 Å². The van der Waals surface area contributed by atoms with E-state index in [1.807, 2.05) is 30.3 Å². The van der Waals surface area contributed by atoms with Crippen LogP contribution in [-0.4, -0.2) is 52.1 Å². The molecule has 1 aromatic carbocycles. The average molecular weight is 300 g/mol. The first-order valence-electron chi connectivity index (χ1n) is 7.68. The second kappa shape index (κ2) is 6.70. The van der Waals surface area contributed by atoms with Gasteiger partial charge in [0.1, 0.15) is 0 Å². The molecule has 2 heterocycles. The Kier molecular flexibility index (Phi) is 4.48. The van der Waals surface area contributed by atoms with Gasteiger partial charge in [0.15, 0.2) is 5.69 Å². The molecule has 116 valence electrons. The number of morpholine rings is 1. The first kappa shape index (κ1) is 14.7. The van der Waals surface area contributed by atoms with Crippen molar-refractivity contribution in [3.63, 3.8) is 0 Å². The zero-order valence-corrected chi connectivity index (χ0v) is 12.7. The number of rotatable bonds is 4. The van der Waals surface area contributed by atoms with Crippen LogP contribution < -0.4 is 0 Å². The fourth-order valence-corrected chi connectivity index (χ4v) is 2.62. The fourth-order valence-electron chi connectivity index (χ4n) is 2.62. The third-order valence-electron chi connectivity index (χ3n) is 3.75. The van der Waals surface area contributed by atoms with E-state index < -0.39 is 0 Å². The van der Waals surface area contributed by atoms with Crippen molar-refractivity contribution >= 4 is 5.91 Å². The van der Waals surface area contributed by atoms with Crippen LogP contribution in [0.1, 0.15) is 29.5 Å². The lowest BCUT2D eigenvalue weighted by Crippen LogP contribution is -2.41. The van der Waals surface area contributed by atoms with E-state index in [0.29, 0.717) is 32.0 Å². The first-order valence-corrected chi connectivity index (χ1v) is 7.68. The molecule has 6 nitrogen and oxygen atoms in total. The van der Waals surface area contributed by atoms with Crippen LogP contribution >= 0.6 is 0 Å². The van der Waals surface area contributed by atoms with Crippen molar-refractivity contribution in [1.29, 1.82) is 0 Å².